The van der Waals surface area contributed by atoms with E-state index in [0.717, 1.165) is 12.1 Å². The van der Waals surface area contributed by atoms with Gasteiger partial charge >= 0.3 is 0 Å². The minimum Gasteiger partial charge on any atom is -0.379 e. The fourth-order valence-corrected chi connectivity index (χ4v) is 4.82. The summed E-state index contributed by atoms with van der Waals surface area (Å²) in [4.78, 5) is 12.4. The second-order valence-electron chi connectivity index (χ2n) is 6.53. The molecule has 1 saturated heterocycles. The van der Waals surface area contributed by atoms with Crippen molar-refractivity contribution in [2.45, 2.75) is 17.9 Å². The summed E-state index contributed by atoms with van der Waals surface area (Å²) in [6, 6.07) is 6.64. The Morgan fingerprint density at radius 2 is 1.83 bits per heavy atom. The van der Waals surface area contributed by atoms with Crippen molar-refractivity contribution in [1.82, 2.24) is 9.62 Å². The summed E-state index contributed by atoms with van der Waals surface area (Å²) >= 11 is 6.09. The Kier molecular flexibility index (Phi) is 6.52. The van der Waals surface area contributed by atoms with Crippen molar-refractivity contribution >= 4 is 27.5 Å². The fraction of sp³-hybridized carbons (Fsp3) is 0.316. The Morgan fingerprint density at radius 3 is 2.48 bits per heavy atom. The lowest BCUT2D eigenvalue weighted by Crippen LogP contribution is -2.40. The van der Waals surface area contributed by atoms with Gasteiger partial charge in [0.05, 0.1) is 24.3 Å². The second kappa shape index (κ2) is 8.74. The standard InChI is InChI=1S/C19H19ClF2N2O4S/c1-12(13-3-5-16(21)17(22)10-13)23-19(25)14-2-4-15(20)18(11-14)29(26,27)24-6-8-28-9-7-24/h2-5,10-12H,6-9H2,1H3,(H,23,25). The summed E-state index contributed by atoms with van der Waals surface area (Å²) in [5, 5.41) is 2.64. The van der Waals surface area contributed by atoms with Crippen molar-refractivity contribution in [3.63, 3.8) is 0 Å². The van der Waals surface area contributed by atoms with Crippen molar-refractivity contribution in [2.75, 3.05) is 26.3 Å². The minimum absolute atomic E-state index is 0.00157. The summed E-state index contributed by atoms with van der Waals surface area (Å²) in [7, 11) is -3.89. The van der Waals surface area contributed by atoms with Crippen LogP contribution in [0.5, 0.6) is 0 Å². The molecule has 3 rings (SSSR count). The van der Waals surface area contributed by atoms with Gasteiger partial charge in [-0.1, -0.05) is 17.7 Å². The van der Waals surface area contributed by atoms with Gasteiger partial charge in [0.15, 0.2) is 11.6 Å². The normalized spacial score (nSPS) is 16.4. The van der Waals surface area contributed by atoms with Gasteiger partial charge in [0.1, 0.15) is 4.90 Å². The van der Waals surface area contributed by atoms with Gasteiger partial charge in [-0.05, 0) is 42.8 Å². The largest absolute Gasteiger partial charge is 0.379 e. The van der Waals surface area contributed by atoms with Gasteiger partial charge in [-0.2, -0.15) is 4.31 Å². The van der Waals surface area contributed by atoms with E-state index >= 15 is 0 Å². The molecule has 1 heterocycles. The lowest BCUT2D eigenvalue weighted by molar-refractivity contribution is 0.0730. The maximum absolute atomic E-state index is 13.4. The lowest BCUT2D eigenvalue weighted by Gasteiger charge is -2.26. The van der Waals surface area contributed by atoms with Crippen LogP contribution in [0.1, 0.15) is 28.9 Å². The number of hydrogen-bond donors (Lipinski definition) is 1. The van der Waals surface area contributed by atoms with Crippen LogP contribution in [0, 0.1) is 11.6 Å². The first-order valence-corrected chi connectivity index (χ1v) is 10.6. The van der Waals surface area contributed by atoms with E-state index in [4.69, 9.17) is 16.3 Å². The van der Waals surface area contributed by atoms with Crippen molar-refractivity contribution in [3.05, 3.63) is 64.2 Å². The molecular weight excluding hydrogens is 426 g/mol. The van der Waals surface area contributed by atoms with Crippen LogP contribution in [0.15, 0.2) is 41.3 Å². The van der Waals surface area contributed by atoms with E-state index in [2.05, 4.69) is 5.32 Å². The molecule has 29 heavy (non-hydrogen) atoms. The van der Waals surface area contributed by atoms with E-state index in [1.165, 1.54) is 28.6 Å². The number of benzene rings is 2. The van der Waals surface area contributed by atoms with Gasteiger partial charge in [-0.3, -0.25) is 4.79 Å². The molecule has 1 amide bonds. The molecule has 0 aromatic heterocycles. The molecule has 156 valence electrons. The third-order valence-electron chi connectivity index (χ3n) is 4.57. The summed E-state index contributed by atoms with van der Waals surface area (Å²) in [5.74, 6) is -2.57. The highest BCUT2D eigenvalue weighted by Crippen LogP contribution is 2.27. The molecule has 1 aliphatic rings. The first kappa shape index (κ1) is 21.6. The second-order valence-corrected chi connectivity index (χ2v) is 8.84. The fourth-order valence-electron chi connectivity index (χ4n) is 2.91. The number of carbonyl (C=O) groups is 1. The summed E-state index contributed by atoms with van der Waals surface area (Å²) in [6.45, 7) is 2.56. The molecule has 6 nitrogen and oxygen atoms in total. The van der Waals surface area contributed by atoms with Crippen LogP contribution < -0.4 is 5.32 Å². The van der Waals surface area contributed by atoms with Crippen LogP contribution >= 0.6 is 11.6 Å². The third kappa shape index (κ3) is 4.75. The first-order valence-electron chi connectivity index (χ1n) is 8.83. The average Bonchev–Trinajstić information content (AvgIpc) is 2.70. The van der Waals surface area contributed by atoms with Crippen molar-refractivity contribution < 1.29 is 26.7 Å². The number of ether oxygens (including phenoxy) is 1. The summed E-state index contributed by atoms with van der Waals surface area (Å²) in [6.07, 6.45) is 0. The lowest BCUT2D eigenvalue weighted by atomic mass is 10.1. The van der Waals surface area contributed by atoms with E-state index in [1.54, 1.807) is 6.92 Å². The Labute approximate surface area is 172 Å². The van der Waals surface area contributed by atoms with Crippen LogP contribution in [0.3, 0.4) is 0 Å². The predicted molar refractivity (Wildman–Crippen MR) is 103 cm³/mol. The molecule has 0 radical (unpaired) electrons. The molecular formula is C19H19ClF2N2O4S. The van der Waals surface area contributed by atoms with E-state index in [1.807, 2.05) is 0 Å². The van der Waals surface area contributed by atoms with Gasteiger partial charge in [-0.25, -0.2) is 17.2 Å². The number of rotatable bonds is 5. The predicted octanol–water partition coefficient (Wildman–Crippen LogP) is 3.13. The highest BCUT2D eigenvalue weighted by atomic mass is 35.5. The minimum atomic E-state index is -3.89. The number of carbonyl (C=O) groups excluding carboxylic acids is 1. The number of morpholine rings is 1. The van der Waals surface area contributed by atoms with Crippen LogP contribution in [0.2, 0.25) is 5.02 Å². The number of sulfonamides is 1. The smallest absolute Gasteiger partial charge is 0.251 e. The molecule has 10 heteroatoms. The zero-order valence-corrected chi connectivity index (χ0v) is 17.1. The molecule has 0 saturated carbocycles. The zero-order valence-electron chi connectivity index (χ0n) is 15.5. The van der Waals surface area contributed by atoms with E-state index < -0.39 is 33.6 Å². The highest BCUT2D eigenvalue weighted by Gasteiger charge is 2.29. The molecule has 0 spiro atoms. The van der Waals surface area contributed by atoms with E-state index in [0.29, 0.717) is 5.56 Å². The highest BCUT2D eigenvalue weighted by molar-refractivity contribution is 7.89. The monoisotopic (exact) mass is 444 g/mol. The quantitative estimate of drug-likeness (QED) is 0.768. The van der Waals surface area contributed by atoms with E-state index in [-0.39, 0.29) is 41.8 Å². The first-order chi connectivity index (χ1) is 13.7. The van der Waals surface area contributed by atoms with Gasteiger partial charge < -0.3 is 10.1 Å². The summed E-state index contributed by atoms with van der Waals surface area (Å²) < 4.78 is 58.7. The molecule has 1 aliphatic heterocycles. The van der Waals surface area contributed by atoms with Crippen LogP contribution in [-0.4, -0.2) is 44.9 Å². The van der Waals surface area contributed by atoms with Crippen molar-refractivity contribution in [2.24, 2.45) is 0 Å². The molecule has 1 atom stereocenters. The molecule has 0 aliphatic carbocycles. The number of halogens is 3. The molecule has 1 unspecified atom stereocenters. The number of amides is 1. The molecule has 0 bridgehead atoms. The topological polar surface area (TPSA) is 75.7 Å². The van der Waals surface area contributed by atoms with Gasteiger partial charge in [0, 0.05) is 18.7 Å². The number of nitrogens with zero attached hydrogens (tertiary/aromatic N) is 1. The third-order valence-corrected chi connectivity index (χ3v) is 6.95. The molecule has 1 fully saturated rings. The van der Waals surface area contributed by atoms with Crippen LogP contribution in [-0.2, 0) is 14.8 Å². The van der Waals surface area contributed by atoms with Crippen molar-refractivity contribution in [1.29, 1.82) is 0 Å². The number of nitrogens with one attached hydrogen (secondary N) is 1. The summed E-state index contributed by atoms with van der Waals surface area (Å²) in [5.41, 5.74) is 0.447. The van der Waals surface area contributed by atoms with Gasteiger partial charge in [-0.15, -0.1) is 0 Å². The average molecular weight is 445 g/mol. The SMILES string of the molecule is CC(NC(=O)c1ccc(Cl)c(S(=O)(=O)N2CCOCC2)c1)c1ccc(F)c(F)c1. The van der Waals surface area contributed by atoms with E-state index in [9.17, 15) is 22.0 Å². The Bertz CT molecular complexity index is 1030. The molecule has 2 aromatic rings. The van der Waals surface area contributed by atoms with Crippen LogP contribution in [0.25, 0.3) is 0 Å². The Morgan fingerprint density at radius 1 is 1.14 bits per heavy atom. The molecule has 1 N–H and O–H groups in total. The number of hydrogen-bond acceptors (Lipinski definition) is 4. The van der Waals surface area contributed by atoms with Gasteiger partial charge in [0.2, 0.25) is 10.0 Å². The van der Waals surface area contributed by atoms with Gasteiger partial charge in [0.25, 0.3) is 5.91 Å². The molecule has 2 aromatic carbocycles. The maximum atomic E-state index is 13.4. The maximum Gasteiger partial charge on any atom is 0.251 e. The Balaban J connectivity index is 1.82. The van der Waals surface area contributed by atoms with Crippen LogP contribution in [0.4, 0.5) is 8.78 Å². The van der Waals surface area contributed by atoms with Crippen molar-refractivity contribution in [3.8, 4) is 0 Å². The zero-order chi connectivity index (χ0) is 21.2. The Hall–Kier alpha value is -2.07.